The van der Waals surface area contributed by atoms with Gasteiger partial charge in [-0.2, -0.15) is 0 Å². The fourth-order valence-electron chi connectivity index (χ4n) is 1.84. The first-order valence-corrected chi connectivity index (χ1v) is 5.92. The Kier molecular flexibility index (Phi) is 3.21. The van der Waals surface area contributed by atoms with Crippen molar-refractivity contribution < 1.29 is 9.84 Å². The highest BCUT2D eigenvalue weighted by atomic mass is 32.1. The molecule has 3 heteroatoms. The van der Waals surface area contributed by atoms with Gasteiger partial charge in [-0.1, -0.05) is 6.07 Å². The molecule has 1 aliphatic rings. The van der Waals surface area contributed by atoms with Crippen LogP contribution in [-0.4, -0.2) is 24.4 Å². The number of aliphatic hydroxyl groups excluding tert-OH is 1. The predicted molar refractivity (Wildman–Crippen MR) is 57.6 cm³/mol. The standard InChI is InChI=1S/C11H16O2S/c1-13-11(8-4-5-8)10(12)7-9-3-2-6-14-9/h2-3,6,8,10-12H,4-5,7H2,1H3. The highest BCUT2D eigenvalue weighted by Gasteiger charge is 2.36. The van der Waals surface area contributed by atoms with Crippen molar-refractivity contribution in [3.05, 3.63) is 22.4 Å². The van der Waals surface area contributed by atoms with Crippen LogP contribution in [0.15, 0.2) is 17.5 Å². The molecule has 1 saturated carbocycles. The summed E-state index contributed by atoms with van der Waals surface area (Å²) in [5.74, 6) is 0.593. The predicted octanol–water partition coefficient (Wildman–Crippen LogP) is 2.08. The molecule has 0 amide bonds. The molecule has 2 atom stereocenters. The molecule has 1 aliphatic carbocycles. The van der Waals surface area contributed by atoms with Crippen molar-refractivity contribution in [1.29, 1.82) is 0 Å². The fourth-order valence-corrected chi connectivity index (χ4v) is 2.60. The molecule has 0 bridgehead atoms. The van der Waals surface area contributed by atoms with Crippen molar-refractivity contribution in [2.45, 2.75) is 31.5 Å². The van der Waals surface area contributed by atoms with E-state index in [-0.39, 0.29) is 12.2 Å². The van der Waals surface area contributed by atoms with E-state index >= 15 is 0 Å². The lowest BCUT2D eigenvalue weighted by molar-refractivity contribution is -0.0234. The van der Waals surface area contributed by atoms with Gasteiger partial charge in [-0.25, -0.2) is 0 Å². The molecule has 1 N–H and O–H groups in total. The van der Waals surface area contributed by atoms with Gasteiger partial charge in [-0.05, 0) is 30.2 Å². The van der Waals surface area contributed by atoms with Gasteiger partial charge in [0, 0.05) is 18.4 Å². The summed E-state index contributed by atoms with van der Waals surface area (Å²) in [7, 11) is 1.70. The monoisotopic (exact) mass is 212 g/mol. The normalized spacial score (nSPS) is 20.7. The number of aliphatic hydroxyl groups is 1. The van der Waals surface area contributed by atoms with Crippen molar-refractivity contribution in [3.63, 3.8) is 0 Å². The number of rotatable bonds is 5. The summed E-state index contributed by atoms with van der Waals surface area (Å²) >= 11 is 1.70. The highest BCUT2D eigenvalue weighted by molar-refractivity contribution is 7.09. The minimum Gasteiger partial charge on any atom is -0.390 e. The van der Waals surface area contributed by atoms with Crippen molar-refractivity contribution in [2.24, 2.45) is 5.92 Å². The minimum absolute atomic E-state index is 0.0390. The third-order valence-corrected chi connectivity index (χ3v) is 3.63. The molecule has 0 spiro atoms. The second kappa shape index (κ2) is 4.43. The molecule has 1 heterocycles. The molecular weight excluding hydrogens is 196 g/mol. The third-order valence-electron chi connectivity index (χ3n) is 2.73. The van der Waals surface area contributed by atoms with E-state index in [0.717, 1.165) is 6.42 Å². The molecule has 14 heavy (non-hydrogen) atoms. The summed E-state index contributed by atoms with van der Waals surface area (Å²) < 4.78 is 5.34. The first kappa shape index (κ1) is 10.1. The molecule has 0 saturated heterocycles. The van der Waals surface area contributed by atoms with Gasteiger partial charge < -0.3 is 9.84 Å². The Hall–Kier alpha value is -0.380. The van der Waals surface area contributed by atoms with Crippen LogP contribution in [0.25, 0.3) is 0 Å². The number of thiophene rings is 1. The van der Waals surface area contributed by atoms with E-state index in [1.165, 1.54) is 17.7 Å². The van der Waals surface area contributed by atoms with Gasteiger partial charge >= 0.3 is 0 Å². The molecule has 1 aromatic heterocycles. The summed E-state index contributed by atoms with van der Waals surface area (Å²) in [4.78, 5) is 1.24. The summed E-state index contributed by atoms with van der Waals surface area (Å²) in [5.41, 5.74) is 0. The van der Waals surface area contributed by atoms with E-state index in [1.54, 1.807) is 18.4 Å². The summed E-state index contributed by atoms with van der Waals surface area (Å²) in [6, 6.07) is 4.08. The van der Waals surface area contributed by atoms with Gasteiger partial charge in [0.05, 0.1) is 12.2 Å². The van der Waals surface area contributed by atoms with E-state index in [4.69, 9.17) is 4.74 Å². The smallest absolute Gasteiger partial charge is 0.0861 e. The fraction of sp³-hybridized carbons (Fsp3) is 0.636. The zero-order valence-electron chi connectivity index (χ0n) is 8.35. The Morgan fingerprint density at radius 1 is 1.64 bits per heavy atom. The average molecular weight is 212 g/mol. The first-order valence-electron chi connectivity index (χ1n) is 5.04. The van der Waals surface area contributed by atoms with Gasteiger partial charge in [0.15, 0.2) is 0 Å². The number of hydrogen-bond acceptors (Lipinski definition) is 3. The summed E-state index contributed by atoms with van der Waals surface area (Å²) in [6.45, 7) is 0. The van der Waals surface area contributed by atoms with Crippen molar-refractivity contribution in [3.8, 4) is 0 Å². The second-order valence-corrected chi connectivity index (χ2v) is 4.92. The Labute approximate surface area is 88.5 Å². The molecule has 1 aromatic rings. The molecule has 0 aromatic carbocycles. The molecule has 2 rings (SSSR count). The van der Waals surface area contributed by atoms with Crippen LogP contribution in [-0.2, 0) is 11.2 Å². The molecule has 78 valence electrons. The maximum Gasteiger partial charge on any atom is 0.0861 e. The molecule has 0 aliphatic heterocycles. The van der Waals surface area contributed by atoms with Gasteiger partial charge in [0.1, 0.15) is 0 Å². The second-order valence-electron chi connectivity index (χ2n) is 3.89. The third kappa shape index (κ3) is 2.35. The SMILES string of the molecule is COC(C(O)Cc1cccs1)C1CC1. The van der Waals surface area contributed by atoms with E-state index in [2.05, 4.69) is 6.07 Å². The molecule has 2 unspecified atom stereocenters. The van der Waals surface area contributed by atoms with E-state index < -0.39 is 0 Å². The quantitative estimate of drug-likeness (QED) is 0.809. The average Bonchev–Trinajstić information content (AvgIpc) is 2.86. The van der Waals surface area contributed by atoms with Gasteiger partial charge in [0.2, 0.25) is 0 Å². The molecular formula is C11H16O2S. The van der Waals surface area contributed by atoms with Crippen LogP contribution in [0.2, 0.25) is 0 Å². The zero-order chi connectivity index (χ0) is 9.97. The van der Waals surface area contributed by atoms with Crippen LogP contribution >= 0.6 is 11.3 Å². The highest BCUT2D eigenvalue weighted by Crippen LogP contribution is 2.36. The Balaban J connectivity index is 1.90. The van der Waals surface area contributed by atoms with E-state index in [1.807, 2.05) is 11.4 Å². The van der Waals surface area contributed by atoms with Crippen molar-refractivity contribution >= 4 is 11.3 Å². The maximum absolute atomic E-state index is 9.97. The Morgan fingerprint density at radius 2 is 2.43 bits per heavy atom. The number of hydrogen-bond donors (Lipinski definition) is 1. The van der Waals surface area contributed by atoms with Crippen molar-refractivity contribution in [1.82, 2.24) is 0 Å². The molecule has 0 radical (unpaired) electrons. The van der Waals surface area contributed by atoms with E-state index in [9.17, 15) is 5.11 Å². The lowest BCUT2D eigenvalue weighted by Gasteiger charge is -2.20. The molecule has 2 nitrogen and oxygen atoms in total. The lowest BCUT2D eigenvalue weighted by atomic mass is 10.1. The Morgan fingerprint density at radius 3 is 2.93 bits per heavy atom. The van der Waals surface area contributed by atoms with Crippen LogP contribution in [0.3, 0.4) is 0 Å². The zero-order valence-corrected chi connectivity index (χ0v) is 9.17. The largest absolute Gasteiger partial charge is 0.390 e. The summed E-state index contributed by atoms with van der Waals surface area (Å²) in [5, 5.41) is 12.0. The van der Waals surface area contributed by atoms with Gasteiger partial charge in [-0.15, -0.1) is 11.3 Å². The summed E-state index contributed by atoms with van der Waals surface area (Å²) in [6.07, 6.45) is 2.84. The Bertz CT molecular complexity index is 267. The van der Waals surface area contributed by atoms with Crippen LogP contribution < -0.4 is 0 Å². The number of ether oxygens (including phenoxy) is 1. The van der Waals surface area contributed by atoms with E-state index in [0.29, 0.717) is 5.92 Å². The van der Waals surface area contributed by atoms with Crippen LogP contribution in [0.5, 0.6) is 0 Å². The van der Waals surface area contributed by atoms with Crippen LogP contribution in [0.4, 0.5) is 0 Å². The van der Waals surface area contributed by atoms with Gasteiger partial charge in [-0.3, -0.25) is 0 Å². The first-order chi connectivity index (χ1) is 6.81. The lowest BCUT2D eigenvalue weighted by Crippen LogP contribution is -2.31. The number of methoxy groups -OCH3 is 1. The maximum atomic E-state index is 9.97. The van der Waals surface area contributed by atoms with Crippen LogP contribution in [0.1, 0.15) is 17.7 Å². The topological polar surface area (TPSA) is 29.5 Å². The minimum atomic E-state index is -0.342. The van der Waals surface area contributed by atoms with Crippen LogP contribution in [0, 0.1) is 5.92 Å². The van der Waals surface area contributed by atoms with Gasteiger partial charge in [0.25, 0.3) is 0 Å². The van der Waals surface area contributed by atoms with Crippen molar-refractivity contribution in [2.75, 3.05) is 7.11 Å². The molecule has 1 fully saturated rings.